The third kappa shape index (κ3) is 11.0. The van der Waals surface area contributed by atoms with Crippen LogP contribution in [0.2, 0.25) is 0 Å². The predicted molar refractivity (Wildman–Crippen MR) is 136 cm³/mol. The Morgan fingerprint density at radius 1 is 0.816 bits per heavy atom. The van der Waals surface area contributed by atoms with Crippen LogP contribution in [0.3, 0.4) is 0 Å². The van der Waals surface area contributed by atoms with Gasteiger partial charge in [0.1, 0.15) is 31.0 Å². The fraction of sp³-hybridized carbons (Fsp3) is 0.346. The van der Waals surface area contributed by atoms with Crippen molar-refractivity contribution in [1.82, 2.24) is 21.3 Å². The van der Waals surface area contributed by atoms with Crippen LogP contribution < -0.4 is 21.3 Å². The summed E-state index contributed by atoms with van der Waals surface area (Å²) >= 11 is 0. The van der Waals surface area contributed by atoms with Crippen molar-refractivity contribution in [3.05, 3.63) is 65.7 Å². The molecule has 0 radical (unpaired) electrons. The molecule has 38 heavy (non-hydrogen) atoms. The molecule has 5 N–H and O–H groups in total. The largest absolute Gasteiger partial charge is 0.508 e. The van der Waals surface area contributed by atoms with Gasteiger partial charge in [0.2, 0.25) is 17.7 Å². The summed E-state index contributed by atoms with van der Waals surface area (Å²) in [5.41, 5.74) is 1.40. The van der Waals surface area contributed by atoms with Crippen LogP contribution in [0.1, 0.15) is 25.0 Å². The molecule has 4 amide bonds. The summed E-state index contributed by atoms with van der Waals surface area (Å²) in [6, 6.07) is 12.9. The highest BCUT2D eigenvalue weighted by molar-refractivity contribution is 5.93. The maximum Gasteiger partial charge on any atom is 0.408 e. The first kappa shape index (κ1) is 29.6. The van der Waals surface area contributed by atoms with E-state index in [-0.39, 0.29) is 31.9 Å². The topological polar surface area (TPSA) is 172 Å². The number of alkyl carbamates (subject to hydrolysis) is 1. The Bertz CT molecular complexity index is 1090. The average molecular weight is 529 g/mol. The second kappa shape index (κ2) is 15.5. The first-order valence-electron chi connectivity index (χ1n) is 11.9. The zero-order valence-electron chi connectivity index (χ0n) is 21.2. The molecule has 0 aliphatic heterocycles. The minimum absolute atomic E-state index is 0.0190. The van der Waals surface area contributed by atoms with Gasteiger partial charge in [0.15, 0.2) is 0 Å². The molecule has 2 aromatic rings. The number of nitrogens with one attached hydrogen (secondary N) is 4. The number of hydrogen-bond acceptors (Lipinski definition) is 8. The molecule has 0 aliphatic rings. The molecule has 204 valence electrons. The Labute approximate surface area is 220 Å². The number of rotatable bonds is 13. The Kier molecular flexibility index (Phi) is 12.1. The minimum atomic E-state index is -1.12. The van der Waals surface area contributed by atoms with Crippen molar-refractivity contribution in [3.8, 4) is 5.75 Å². The molecule has 0 saturated heterocycles. The normalized spacial score (nSPS) is 11.8. The Hall–Kier alpha value is -4.61. The summed E-state index contributed by atoms with van der Waals surface area (Å²) in [6.45, 7) is 2.46. The first-order valence-corrected chi connectivity index (χ1v) is 11.9. The van der Waals surface area contributed by atoms with E-state index in [0.29, 0.717) is 5.56 Å². The molecular formula is C26H32N4O8. The zero-order valence-corrected chi connectivity index (χ0v) is 21.2. The van der Waals surface area contributed by atoms with Gasteiger partial charge in [-0.2, -0.15) is 0 Å². The lowest BCUT2D eigenvalue weighted by Gasteiger charge is -2.21. The first-order chi connectivity index (χ1) is 18.2. The molecule has 12 nitrogen and oxygen atoms in total. The number of carbonyl (C=O) groups is 5. The minimum Gasteiger partial charge on any atom is -0.508 e. The highest BCUT2D eigenvalue weighted by atomic mass is 16.5. The van der Waals surface area contributed by atoms with E-state index in [1.54, 1.807) is 43.3 Å². The molecule has 0 unspecified atom stereocenters. The van der Waals surface area contributed by atoms with Crippen molar-refractivity contribution in [1.29, 1.82) is 0 Å². The quantitative estimate of drug-likeness (QED) is 0.234. The van der Waals surface area contributed by atoms with E-state index in [0.717, 1.165) is 5.56 Å². The maximum atomic E-state index is 12.8. The summed E-state index contributed by atoms with van der Waals surface area (Å²) < 4.78 is 9.83. The number of phenols is 1. The summed E-state index contributed by atoms with van der Waals surface area (Å²) in [7, 11) is 0. The molecular weight excluding hydrogens is 496 g/mol. The Morgan fingerprint density at radius 3 is 2.16 bits per heavy atom. The van der Waals surface area contributed by atoms with Crippen molar-refractivity contribution >= 4 is 29.8 Å². The second-order valence-corrected chi connectivity index (χ2v) is 8.16. The maximum absolute atomic E-state index is 12.8. The molecule has 0 aliphatic carbocycles. The van der Waals surface area contributed by atoms with Gasteiger partial charge < -0.3 is 35.8 Å². The fourth-order valence-corrected chi connectivity index (χ4v) is 3.12. The molecule has 0 bridgehead atoms. The molecule has 0 heterocycles. The number of aromatic hydroxyl groups is 1. The van der Waals surface area contributed by atoms with E-state index in [1.165, 1.54) is 19.1 Å². The summed E-state index contributed by atoms with van der Waals surface area (Å²) in [6.07, 6.45) is -0.776. The number of benzene rings is 2. The highest BCUT2D eigenvalue weighted by Crippen LogP contribution is 2.11. The Balaban J connectivity index is 1.94. The third-order valence-electron chi connectivity index (χ3n) is 5.11. The van der Waals surface area contributed by atoms with Crippen LogP contribution in [0.25, 0.3) is 0 Å². The molecule has 0 saturated carbocycles. The van der Waals surface area contributed by atoms with Gasteiger partial charge in [-0.15, -0.1) is 0 Å². The van der Waals surface area contributed by atoms with Gasteiger partial charge >= 0.3 is 12.1 Å². The highest BCUT2D eigenvalue weighted by Gasteiger charge is 2.25. The van der Waals surface area contributed by atoms with Gasteiger partial charge in [-0.1, -0.05) is 42.5 Å². The van der Waals surface area contributed by atoms with Crippen molar-refractivity contribution in [2.24, 2.45) is 0 Å². The van der Waals surface area contributed by atoms with E-state index >= 15 is 0 Å². The van der Waals surface area contributed by atoms with Crippen molar-refractivity contribution in [3.63, 3.8) is 0 Å². The molecule has 2 rings (SSSR count). The summed E-state index contributed by atoms with van der Waals surface area (Å²) in [5.74, 6) is -2.54. The molecule has 2 aromatic carbocycles. The van der Waals surface area contributed by atoms with Crippen LogP contribution in [-0.4, -0.2) is 66.7 Å². The van der Waals surface area contributed by atoms with Gasteiger partial charge in [0, 0.05) is 6.42 Å². The van der Waals surface area contributed by atoms with Crippen molar-refractivity contribution in [2.75, 3.05) is 19.7 Å². The molecule has 0 fully saturated rings. The number of hydrogen-bond donors (Lipinski definition) is 5. The fourth-order valence-electron chi connectivity index (χ4n) is 3.12. The van der Waals surface area contributed by atoms with E-state index in [1.807, 2.05) is 6.07 Å². The molecule has 0 spiro atoms. The van der Waals surface area contributed by atoms with E-state index in [9.17, 15) is 29.1 Å². The Morgan fingerprint density at radius 2 is 1.50 bits per heavy atom. The molecule has 0 aromatic heterocycles. The number of amides is 4. The summed E-state index contributed by atoms with van der Waals surface area (Å²) in [4.78, 5) is 61.1. The van der Waals surface area contributed by atoms with Gasteiger partial charge in [0.05, 0.1) is 13.2 Å². The van der Waals surface area contributed by atoms with Crippen LogP contribution in [0.4, 0.5) is 4.79 Å². The van der Waals surface area contributed by atoms with Crippen LogP contribution in [0.15, 0.2) is 54.6 Å². The lowest BCUT2D eigenvalue weighted by molar-refractivity contribution is -0.143. The summed E-state index contributed by atoms with van der Waals surface area (Å²) in [5, 5.41) is 19.2. The van der Waals surface area contributed by atoms with E-state index < -0.39 is 48.4 Å². The van der Waals surface area contributed by atoms with Gasteiger partial charge in [-0.05, 0) is 37.1 Å². The van der Waals surface area contributed by atoms with Crippen LogP contribution in [0, 0.1) is 0 Å². The lowest BCUT2D eigenvalue weighted by atomic mass is 10.0. The standard InChI is InChI=1S/C26H32N4O8/c1-3-37-23(33)15-27-22(32)14-28-25(35)21(13-18-9-11-20(31)12-10-18)30-24(34)17(2)29-26(36)38-16-19-7-5-4-6-8-19/h4-12,17,21,31H,3,13-16H2,1-2H3,(H,27,32)(H,28,35)(H,29,36)(H,30,34)/t17-,21-/m0/s1. The smallest absolute Gasteiger partial charge is 0.408 e. The van der Waals surface area contributed by atoms with E-state index in [4.69, 9.17) is 9.47 Å². The van der Waals surface area contributed by atoms with Crippen LogP contribution in [0.5, 0.6) is 5.75 Å². The number of esters is 1. The van der Waals surface area contributed by atoms with Gasteiger partial charge in [-0.3, -0.25) is 19.2 Å². The van der Waals surface area contributed by atoms with Crippen molar-refractivity contribution < 1.29 is 38.6 Å². The van der Waals surface area contributed by atoms with Gasteiger partial charge in [-0.25, -0.2) is 4.79 Å². The zero-order chi connectivity index (χ0) is 27.9. The van der Waals surface area contributed by atoms with Gasteiger partial charge in [0.25, 0.3) is 0 Å². The van der Waals surface area contributed by atoms with Crippen LogP contribution >= 0.6 is 0 Å². The van der Waals surface area contributed by atoms with Crippen molar-refractivity contribution in [2.45, 2.75) is 39.0 Å². The van der Waals surface area contributed by atoms with E-state index in [2.05, 4.69) is 21.3 Å². The predicted octanol–water partition coefficient (Wildman–Crippen LogP) is 0.530. The number of carbonyl (C=O) groups excluding carboxylic acids is 5. The van der Waals surface area contributed by atoms with Crippen LogP contribution in [-0.2, 0) is 41.7 Å². The monoisotopic (exact) mass is 528 g/mol. The number of phenolic OH excluding ortho intramolecular Hbond substituents is 1. The number of ether oxygens (including phenoxy) is 2. The SMILES string of the molecule is CCOC(=O)CNC(=O)CNC(=O)[C@H](Cc1ccc(O)cc1)NC(=O)[C@H](C)NC(=O)OCc1ccccc1. The second-order valence-electron chi connectivity index (χ2n) is 8.16. The lowest BCUT2D eigenvalue weighted by Crippen LogP contribution is -2.54. The third-order valence-corrected chi connectivity index (χ3v) is 5.11. The molecule has 2 atom stereocenters. The molecule has 12 heteroatoms. The average Bonchev–Trinajstić information content (AvgIpc) is 2.90.